The Bertz CT molecular complexity index is 1180. The van der Waals surface area contributed by atoms with Gasteiger partial charge in [0.2, 0.25) is 0 Å². The number of hydrogen-bond donors (Lipinski definition) is 3. The predicted octanol–water partition coefficient (Wildman–Crippen LogP) is 1.77. The highest BCUT2D eigenvalue weighted by Gasteiger charge is 2.12. The van der Waals surface area contributed by atoms with Crippen molar-refractivity contribution >= 4 is 29.0 Å². The van der Waals surface area contributed by atoms with E-state index in [0.29, 0.717) is 40.1 Å². The summed E-state index contributed by atoms with van der Waals surface area (Å²) in [6.07, 6.45) is 0. The van der Waals surface area contributed by atoms with Gasteiger partial charge in [-0.05, 0) is 50.3 Å². The molecule has 8 heteroatoms. The third kappa shape index (κ3) is 5.21. The minimum atomic E-state index is -0.207. The van der Waals surface area contributed by atoms with Gasteiger partial charge in [0.05, 0.1) is 50.7 Å². The Kier molecular flexibility index (Phi) is 7.59. The molecule has 164 valence electrons. The van der Waals surface area contributed by atoms with Gasteiger partial charge in [-0.1, -0.05) is 18.2 Å². The van der Waals surface area contributed by atoms with Crippen molar-refractivity contribution in [2.24, 2.45) is 0 Å². The molecule has 3 aromatic rings. The topological polar surface area (TPSA) is 80.6 Å². The van der Waals surface area contributed by atoms with Crippen molar-refractivity contribution in [3.8, 4) is 5.75 Å². The standard InChI is InChI=1S/C23H28N4O3S/c1-4-26(5-2)13-12-24-21(28)16-10-11-18-19(14-16)25-23(31)27(22(18)29)15-17-8-6-7-9-20(17)30-3/h6-11,14H,4-5,12-13,15H2,1-3H3,(H,24,28)(H,25,31)/p+1. The van der Waals surface area contributed by atoms with E-state index in [2.05, 4.69) is 24.1 Å². The van der Waals surface area contributed by atoms with Gasteiger partial charge in [-0.25, -0.2) is 0 Å². The van der Waals surface area contributed by atoms with Gasteiger partial charge in [0.25, 0.3) is 11.5 Å². The number of nitrogens with zero attached hydrogens (tertiary/aromatic N) is 1. The number of carbonyl (C=O) groups excluding carboxylic acids is 1. The maximum absolute atomic E-state index is 13.1. The molecule has 7 nitrogen and oxygen atoms in total. The second-order valence-corrected chi connectivity index (χ2v) is 7.74. The van der Waals surface area contributed by atoms with Crippen LogP contribution in [0.5, 0.6) is 5.75 Å². The van der Waals surface area contributed by atoms with E-state index < -0.39 is 0 Å². The number of carbonyl (C=O) groups is 1. The number of rotatable bonds is 9. The summed E-state index contributed by atoms with van der Waals surface area (Å²) < 4.78 is 7.18. The Hall–Kier alpha value is -2.97. The lowest BCUT2D eigenvalue weighted by Crippen LogP contribution is -3.12. The lowest BCUT2D eigenvalue weighted by molar-refractivity contribution is -0.895. The summed E-state index contributed by atoms with van der Waals surface area (Å²) in [6.45, 7) is 8.09. The second kappa shape index (κ2) is 10.4. The Balaban J connectivity index is 1.85. The van der Waals surface area contributed by atoms with Crippen LogP contribution >= 0.6 is 12.2 Å². The van der Waals surface area contributed by atoms with E-state index >= 15 is 0 Å². The average Bonchev–Trinajstić information content (AvgIpc) is 2.79. The monoisotopic (exact) mass is 441 g/mol. The molecule has 0 spiro atoms. The van der Waals surface area contributed by atoms with E-state index in [9.17, 15) is 9.59 Å². The van der Waals surface area contributed by atoms with E-state index in [4.69, 9.17) is 17.0 Å². The number of H-pyrrole nitrogens is 1. The van der Waals surface area contributed by atoms with Crippen LogP contribution in [0.15, 0.2) is 47.3 Å². The molecule has 0 bridgehead atoms. The molecule has 31 heavy (non-hydrogen) atoms. The maximum Gasteiger partial charge on any atom is 0.262 e. The zero-order valence-electron chi connectivity index (χ0n) is 18.2. The molecule has 1 amide bonds. The Labute approximate surface area is 186 Å². The maximum atomic E-state index is 13.1. The van der Waals surface area contributed by atoms with Crippen LogP contribution in [0.1, 0.15) is 29.8 Å². The lowest BCUT2D eigenvalue weighted by Gasteiger charge is -2.15. The number of benzene rings is 2. The normalized spacial score (nSPS) is 11.1. The summed E-state index contributed by atoms with van der Waals surface area (Å²) in [5.74, 6) is 0.536. The van der Waals surface area contributed by atoms with E-state index in [1.165, 1.54) is 9.47 Å². The lowest BCUT2D eigenvalue weighted by atomic mass is 10.1. The van der Waals surface area contributed by atoms with E-state index in [1.807, 2.05) is 24.3 Å². The number of methoxy groups -OCH3 is 1. The largest absolute Gasteiger partial charge is 0.496 e. The van der Waals surface area contributed by atoms with E-state index in [-0.39, 0.29) is 11.5 Å². The number of nitrogens with one attached hydrogen (secondary N) is 3. The molecule has 1 heterocycles. The fourth-order valence-electron chi connectivity index (χ4n) is 3.60. The molecule has 0 atom stereocenters. The van der Waals surface area contributed by atoms with Crippen molar-refractivity contribution in [3.05, 3.63) is 68.7 Å². The number of hydrogen-bond acceptors (Lipinski definition) is 4. The van der Waals surface area contributed by atoms with Crippen LogP contribution in [0.2, 0.25) is 0 Å². The van der Waals surface area contributed by atoms with Gasteiger partial charge in [0.15, 0.2) is 4.77 Å². The third-order valence-corrected chi connectivity index (χ3v) is 5.85. The number of fused-ring (bicyclic) bond motifs is 1. The minimum absolute atomic E-state index is 0.161. The van der Waals surface area contributed by atoms with Gasteiger partial charge in [0, 0.05) is 11.1 Å². The molecule has 1 aromatic heterocycles. The number of aromatic amines is 1. The molecule has 3 rings (SSSR count). The van der Waals surface area contributed by atoms with Crippen molar-refractivity contribution in [1.29, 1.82) is 0 Å². The quantitative estimate of drug-likeness (QED) is 0.442. The fraction of sp³-hybridized carbons (Fsp3) is 0.348. The first kappa shape index (κ1) is 22.7. The molecule has 0 unspecified atom stereocenters. The van der Waals surface area contributed by atoms with Gasteiger partial charge in [-0.2, -0.15) is 0 Å². The first-order valence-corrected chi connectivity index (χ1v) is 10.9. The smallest absolute Gasteiger partial charge is 0.262 e. The van der Waals surface area contributed by atoms with E-state index in [1.54, 1.807) is 25.3 Å². The summed E-state index contributed by atoms with van der Waals surface area (Å²) in [5, 5.41) is 3.43. The molecular formula is C23H29N4O3S+. The minimum Gasteiger partial charge on any atom is -0.496 e. The van der Waals surface area contributed by atoms with Crippen LogP contribution in [0, 0.1) is 4.77 Å². The molecule has 0 aliphatic rings. The first-order valence-electron chi connectivity index (χ1n) is 10.5. The van der Waals surface area contributed by atoms with E-state index in [0.717, 1.165) is 25.2 Å². The van der Waals surface area contributed by atoms with Crippen molar-refractivity contribution in [2.45, 2.75) is 20.4 Å². The van der Waals surface area contributed by atoms with Crippen molar-refractivity contribution < 1.29 is 14.4 Å². The molecule has 0 aliphatic heterocycles. The highest BCUT2D eigenvalue weighted by molar-refractivity contribution is 7.71. The fourth-order valence-corrected chi connectivity index (χ4v) is 3.86. The number of quaternary nitrogens is 1. The number of para-hydroxylation sites is 1. The van der Waals surface area contributed by atoms with Crippen molar-refractivity contribution in [3.63, 3.8) is 0 Å². The molecule has 0 radical (unpaired) electrons. The van der Waals surface area contributed by atoms with Gasteiger partial charge in [-0.3, -0.25) is 14.2 Å². The molecular weight excluding hydrogens is 412 g/mol. The Morgan fingerprint density at radius 2 is 1.94 bits per heavy atom. The average molecular weight is 442 g/mol. The zero-order chi connectivity index (χ0) is 22.4. The summed E-state index contributed by atoms with van der Waals surface area (Å²) in [6, 6.07) is 12.5. The second-order valence-electron chi connectivity index (χ2n) is 7.36. The molecule has 0 saturated carbocycles. The number of amides is 1. The number of ether oxygens (including phenoxy) is 1. The van der Waals surface area contributed by atoms with Crippen LogP contribution in [-0.4, -0.2) is 48.7 Å². The van der Waals surface area contributed by atoms with Crippen molar-refractivity contribution in [2.75, 3.05) is 33.3 Å². The van der Waals surface area contributed by atoms with Gasteiger partial charge < -0.3 is 19.9 Å². The summed E-state index contributed by atoms with van der Waals surface area (Å²) in [5.41, 5.74) is 1.70. The Morgan fingerprint density at radius 1 is 1.19 bits per heavy atom. The SMILES string of the molecule is CC[NH+](CC)CCNC(=O)c1ccc2c(=O)n(Cc3ccccc3OC)c(=S)[nH]c2c1. The summed E-state index contributed by atoms with van der Waals surface area (Å²) in [4.78, 5) is 30.1. The van der Waals surface area contributed by atoms with Gasteiger partial charge in [0.1, 0.15) is 5.75 Å². The van der Waals surface area contributed by atoms with Crippen LogP contribution in [0.25, 0.3) is 10.9 Å². The molecule has 0 saturated heterocycles. The predicted molar refractivity (Wildman–Crippen MR) is 125 cm³/mol. The number of aromatic nitrogens is 2. The van der Waals surface area contributed by atoms with Crippen LogP contribution in [0.3, 0.4) is 0 Å². The highest BCUT2D eigenvalue weighted by Crippen LogP contribution is 2.18. The van der Waals surface area contributed by atoms with Crippen LogP contribution in [0.4, 0.5) is 0 Å². The van der Waals surface area contributed by atoms with Gasteiger partial charge in [-0.15, -0.1) is 0 Å². The summed E-state index contributed by atoms with van der Waals surface area (Å²) >= 11 is 5.44. The Morgan fingerprint density at radius 3 is 2.65 bits per heavy atom. The highest BCUT2D eigenvalue weighted by atomic mass is 32.1. The first-order chi connectivity index (χ1) is 15.0. The summed E-state index contributed by atoms with van der Waals surface area (Å²) in [7, 11) is 1.60. The number of likely N-dealkylation sites (N-methyl/N-ethyl adjacent to an activating group) is 1. The van der Waals surface area contributed by atoms with Crippen LogP contribution in [-0.2, 0) is 6.54 Å². The molecule has 3 N–H and O–H groups in total. The zero-order valence-corrected chi connectivity index (χ0v) is 19.0. The third-order valence-electron chi connectivity index (χ3n) is 5.53. The molecule has 0 fully saturated rings. The molecule has 2 aromatic carbocycles. The molecule has 0 aliphatic carbocycles. The van der Waals surface area contributed by atoms with Gasteiger partial charge >= 0.3 is 0 Å². The van der Waals surface area contributed by atoms with Crippen molar-refractivity contribution in [1.82, 2.24) is 14.9 Å². The van der Waals surface area contributed by atoms with Crippen LogP contribution < -0.4 is 20.5 Å².